The lowest BCUT2D eigenvalue weighted by molar-refractivity contribution is 0.0628. The standard InChI is InChI=1S/C20H38O2/c1-3-5-7-8-9-10-11-12-13-15-17-19(16-14-6-4-2)22-20-18-21-20/h18-19H,3-17H2,1-2H3. The topological polar surface area (TPSA) is 21.8 Å². The van der Waals surface area contributed by atoms with Gasteiger partial charge < -0.3 is 9.47 Å². The predicted molar refractivity (Wildman–Crippen MR) is 94.6 cm³/mol. The molecule has 0 bridgehead atoms. The van der Waals surface area contributed by atoms with Gasteiger partial charge in [-0.05, 0) is 25.7 Å². The summed E-state index contributed by atoms with van der Waals surface area (Å²) in [4.78, 5) is 0. The van der Waals surface area contributed by atoms with Gasteiger partial charge in [-0.2, -0.15) is 0 Å². The second-order valence-electron chi connectivity index (χ2n) is 6.76. The normalized spacial score (nSPS) is 14.4. The van der Waals surface area contributed by atoms with Crippen LogP contribution >= 0.6 is 0 Å². The van der Waals surface area contributed by atoms with Gasteiger partial charge in [-0.25, -0.2) is 0 Å². The second-order valence-corrected chi connectivity index (χ2v) is 6.76. The third-order valence-electron chi connectivity index (χ3n) is 4.51. The van der Waals surface area contributed by atoms with Crippen LogP contribution in [0.2, 0.25) is 0 Å². The Morgan fingerprint density at radius 2 is 1.14 bits per heavy atom. The second kappa shape index (κ2) is 14.0. The van der Waals surface area contributed by atoms with Crippen molar-refractivity contribution in [3.63, 3.8) is 0 Å². The van der Waals surface area contributed by atoms with Gasteiger partial charge in [-0.3, -0.25) is 0 Å². The van der Waals surface area contributed by atoms with Crippen molar-refractivity contribution in [1.82, 2.24) is 0 Å². The highest BCUT2D eigenvalue weighted by Gasteiger charge is 2.18. The summed E-state index contributed by atoms with van der Waals surface area (Å²) < 4.78 is 10.8. The average molecular weight is 311 g/mol. The van der Waals surface area contributed by atoms with Crippen LogP contribution in [0.3, 0.4) is 0 Å². The van der Waals surface area contributed by atoms with Gasteiger partial charge in [0.2, 0.25) is 0 Å². The first-order valence-corrected chi connectivity index (χ1v) is 9.90. The minimum absolute atomic E-state index is 0.384. The molecule has 0 N–H and O–H groups in total. The number of hydrogen-bond acceptors (Lipinski definition) is 2. The summed E-state index contributed by atoms with van der Waals surface area (Å²) in [6.07, 6.45) is 22.4. The van der Waals surface area contributed by atoms with Crippen molar-refractivity contribution < 1.29 is 9.47 Å². The highest BCUT2D eigenvalue weighted by Crippen LogP contribution is 2.23. The Bertz CT molecular complexity index is 273. The molecule has 1 aliphatic heterocycles. The summed E-state index contributed by atoms with van der Waals surface area (Å²) >= 11 is 0. The van der Waals surface area contributed by atoms with Crippen LogP contribution in [0.4, 0.5) is 0 Å². The van der Waals surface area contributed by atoms with Crippen molar-refractivity contribution in [1.29, 1.82) is 0 Å². The van der Waals surface area contributed by atoms with E-state index >= 15 is 0 Å². The Hall–Kier alpha value is -0.660. The summed E-state index contributed by atoms with van der Waals surface area (Å²) in [6, 6.07) is 0. The molecule has 0 fully saturated rings. The molecular formula is C20H38O2. The van der Waals surface area contributed by atoms with Crippen molar-refractivity contribution in [2.75, 3.05) is 0 Å². The summed E-state index contributed by atoms with van der Waals surface area (Å²) in [5, 5.41) is 0. The molecule has 0 saturated heterocycles. The number of unbranched alkanes of at least 4 members (excludes halogenated alkanes) is 11. The van der Waals surface area contributed by atoms with Crippen molar-refractivity contribution in [2.45, 2.75) is 116 Å². The zero-order valence-electron chi connectivity index (χ0n) is 15.1. The smallest absolute Gasteiger partial charge is 0.321 e. The first kappa shape index (κ1) is 19.4. The Balaban J connectivity index is 1.90. The summed E-state index contributed by atoms with van der Waals surface area (Å²) in [7, 11) is 0. The lowest BCUT2D eigenvalue weighted by atomic mass is 10.0. The third kappa shape index (κ3) is 11.9. The molecule has 0 aromatic heterocycles. The van der Waals surface area contributed by atoms with E-state index in [1.807, 2.05) is 0 Å². The molecule has 22 heavy (non-hydrogen) atoms. The molecule has 0 amide bonds. The Kier molecular flexibility index (Phi) is 12.3. The van der Waals surface area contributed by atoms with Crippen molar-refractivity contribution >= 4 is 0 Å². The molecule has 1 heterocycles. The Morgan fingerprint density at radius 1 is 0.727 bits per heavy atom. The van der Waals surface area contributed by atoms with Crippen LogP contribution in [-0.4, -0.2) is 6.10 Å². The highest BCUT2D eigenvalue weighted by atomic mass is 16.7. The molecule has 0 radical (unpaired) electrons. The predicted octanol–water partition coefficient (Wildman–Crippen LogP) is 7.09. The van der Waals surface area contributed by atoms with E-state index in [-0.39, 0.29) is 0 Å². The summed E-state index contributed by atoms with van der Waals surface area (Å²) in [5.41, 5.74) is 0. The fraction of sp³-hybridized carbons (Fsp3) is 0.900. The van der Waals surface area contributed by atoms with E-state index in [4.69, 9.17) is 9.47 Å². The fourth-order valence-electron chi connectivity index (χ4n) is 2.99. The van der Waals surface area contributed by atoms with Crippen LogP contribution in [0, 0.1) is 0 Å². The van der Waals surface area contributed by atoms with Gasteiger partial charge in [0.15, 0.2) is 6.26 Å². The van der Waals surface area contributed by atoms with Crippen LogP contribution in [0.15, 0.2) is 12.2 Å². The molecule has 0 spiro atoms. The van der Waals surface area contributed by atoms with Gasteiger partial charge in [0.1, 0.15) is 6.10 Å². The quantitative estimate of drug-likeness (QED) is 0.267. The molecule has 1 aliphatic rings. The van der Waals surface area contributed by atoms with Gasteiger partial charge >= 0.3 is 5.95 Å². The van der Waals surface area contributed by atoms with Crippen LogP contribution in [0.5, 0.6) is 0 Å². The van der Waals surface area contributed by atoms with Crippen molar-refractivity contribution in [2.24, 2.45) is 0 Å². The number of rotatable bonds is 17. The van der Waals surface area contributed by atoms with Gasteiger partial charge in [0.25, 0.3) is 0 Å². The molecule has 0 aromatic rings. The van der Waals surface area contributed by atoms with E-state index in [1.165, 1.54) is 96.3 Å². The fourth-order valence-corrected chi connectivity index (χ4v) is 2.99. The lowest BCUT2D eigenvalue weighted by Crippen LogP contribution is -2.10. The van der Waals surface area contributed by atoms with Crippen LogP contribution < -0.4 is 0 Å². The average Bonchev–Trinajstić information content (AvgIpc) is 3.33. The first-order valence-electron chi connectivity index (χ1n) is 9.90. The molecule has 2 heteroatoms. The molecule has 0 aliphatic carbocycles. The largest absolute Gasteiger partial charge is 0.460 e. The summed E-state index contributed by atoms with van der Waals surface area (Å²) in [6.45, 7) is 4.54. The van der Waals surface area contributed by atoms with E-state index in [9.17, 15) is 0 Å². The maximum atomic E-state index is 5.83. The lowest BCUT2D eigenvalue weighted by Gasteiger charge is -2.15. The van der Waals surface area contributed by atoms with Gasteiger partial charge in [0.05, 0.1) is 0 Å². The number of hydrogen-bond donors (Lipinski definition) is 0. The van der Waals surface area contributed by atoms with E-state index < -0.39 is 0 Å². The molecule has 2 nitrogen and oxygen atoms in total. The Morgan fingerprint density at radius 3 is 1.64 bits per heavy atom. The highest BCUT2D eigenvalue weighted by molar-refractivity contribution is 4.93. The minimum Gasteiger partial charge on any atom is -0.460 e. The van der Waals surface area contributed by atoms with Crippen LogP contribution in [0.25, 0.3) is 0 Å². The molecule has 1 unspecified atom stereocenters. The molecule has 1 atom stereocenters. The van der Waals surface area contributed by atoms with Crippen LogP contribution in [-0.2, 0) is 9.47 Å². The molecule has 1 rings (SSSR count). The van der Waals surface area contributed by atoms with E-state index in [0.717, 1.165) is 5.95 Å². The molecule has 0 saturated carbocycles. The van der Waals surface area contributed by atoms with E-state index in [2.05, 4.69) is 13.8 Å². The SMILES string of the molecule is CCCCCCCCCCCCC(CCCCC)OC1=CO1. The maximum absolute atomic E-state index is 5.83. The molecule has 130 valence electrons. The van der Waals surface area contributed by atoms with E-state index in [0.29, 0.717) is 6.10 Å². The monoisotopic (exact) mass is 310 g/mol. The first-order chi connectivity index (χ1) is 10.9. The van der Waals surface area contributed by atoms with Crippen LogP contribution in [0.1, 0.15) is 110 Å². The third-order valence-corrected chi connectivity index (χ3v) is 4.51. The Labute approximate surface area is 138 Å². The number of ether oxygens (including phenoxy) is 2. The molecule has 0 aromatic carbocycles. The van der Waals surface area contributed by atoms with Crippen molar-refractivity contribution in [3.8, 4) is 0 Å². The minimum atomic E-state index is 0.384. The van der Waals surface area contributed by atoms with Crippen molar-refractivity contribution in [3.05, 3.63) is 12.2 Å². The zero-order valence-corrected chi connectivity index (χ0v) is 15.1. The van der Waals surface area contributed by atoms with Gasteiger partial charge in [0, 0.05) is 0 Å². The van der Waals surface area contributed by atoms with E-state index in [1.54, 1.807) is 6.26 Å². The zero-order chi connectivity index (χ0) is 15.9. The van der Waals surface area contributed by atoms with Gasteiger partial charge in [-0.15, -0.1) is 0 Å². The maximum Gasteiger partial charge on any atom is 0.321 e. The summed E-state index contributed by atoms with van der Waals surface area (Å²) in [5.74, 6) is 0.758. The molecular weight excluding hydrogens is 272 g/mol. The van der Waals surface area contributed by atoms with Gasteiger partial charge in [-0.1, -0.05) is 84.5 Å².